The Kier molecular flexibility index (Phi) is 3.41. The lowest BCUT2D eigenvalue weighted by atomic mass is 10.1. The predicted octanol–water partition coefficient (Wildman–Crippen LogP) is 3.26. The monoisotopic (exact) mass is 326 g/mol. The number of halogens is 2. The molecule has 0 bridgehead atoms. The topological polar surface area (TPSA) is 65.7 Å². The number of aromatic amines is 2. The molecule has 4 nitrogen and oxygen atoms in total. The van der Waals surface area contributed by atoms with Gasteiger partial charge < -0.3 is 9.97 Å². The predicted molar refractivity (Wildman–Crippen MR) is 82.2 cm³/mol. The fourth-order valence-corrected chi connectivity index (χ4v) is 3.56. The van der Waals surface area contributed by atoms with Crippen LogP contribution in [0.15, 0.2) is 39.2 Å². The highest BCUT2D eigenvalue weighted by Crippen LogP contribution is 2.37. The minimum absolute atomic E-state index is 0.401. The third-order valence-corrected chi connectivity index (χ3v) is 4.94. The number of alkyl halides is 1. The zero-order valence-electron chi connectivity index (χ0n) is 9.94. The number of fused-ring (bicyclic) bond motifs is 1. The standard InChI is InChI=1S/C13H8Cl2N2O2S/c14-7-3-4-20-11(7)10(15)6-1-2-8-9(5-6)17-13(19)12(18)16-8/h1-5,10H,(H,16,18)(H,17,19). The maximum absolute atomic E-state index is 11.3. The van der Waals surface area contributed by atoms with Gasteiger partial charge in [0.1, 0.15) is 0 Å². The van der Waals surface area contributed by atoms with E-state index in [9.17, 15) is 9.59 Å². The second-order valence-electron chi connectivity index (χ2n) is 4.21. The molecule has 7 heteroatoms. The van der Waals surface area contributed by atoms with Gasteiger partial charge in [-0.1, -0.05) is 17.7 Å². The van der Waals surface area contributed by atoms with Crippen LogP contribution < -0.4 is 11.1 Å². The van der Waals surface area contributed by atoms with Gasteiger partial charge in [0.25, 0.3) is 0 Å². The van der Waals surface area contributed by atoms with E-state index >= 15 is 0 Å². The van der Waals surface area contributed by atoms with Crippen LogP contribution in [0.4, 0.5) is 0 Å². The second kappa shape index (κ2) is 5.09. The molecule has 1 atom stereocenters. The minimum Gasteiger partial charge on any atom is -0.316 e. The molecule has 0 fully saturated rings. The van der Waals surface area contributed by atoms with Crippen molar-refractivity contribution in [1.29, 1.82) is 0 Å². The van der Waals surface area contributed by atoms with E-state index < -0.39 is 16.5 Å². The molecule has 0 radical (unpaired) electrons. The molecule has 2 N–H and O–H groups in total. The maximum atomic E-state index is 11.3. The molecule has 0 amide bonds. The van der Waals surface area contributed by atoms with Gasteiger partial charge in [0, 0.05) is 4.88 Å². The minimum atomic E-state index is -0.685. The maximum Gasteiger partial charge on any atom is 0.314 e. The Hall–Kier alpha value is -1.56. The number of benzene rings is 1. The van der Waals surface area contributed by atoms with E-state index in [1.807, 2.05) is 5.38 Å². The molecule has 0 saturated heterocycles. The van der Waals surface area contributed by atoms with Crippen LogP contribution in [0.5, 0.6) is 0 Å². The van der Waals surface area contributed by atoms with Crippen LogP contribution >= 0.6 is 34.5 Å². The molecule has 2 heterocycles. The number of hydrogen-bond donors (Lipinski definition) is 2. The van der Waals surface area contributed by atoms with Crippen LogP contribution in [-0.2, 0) is 0 Å². The lowest BCUT2D eigenvalue weighted by Crippen LogP contribution is -2.28. The smallest absolute Gasteiger partial charge is 0.314 e. The molecule has 1 unspecified atom stereocenters. The highest BCUT2D eigenvalue weighted by Gasteiger charge is 2.16. The van der Waals surface area contributed by atoms with Crippen LogP contribution in [-0.4, -0.2) is 9.97 Å². The summed E-state index contributed by atoms with van der Waals surface area (Å²) >= 11 is 14.0. The summed E-state index contributed by atoms with van der Waals surface area (Å²) in [7, 11) is 0. The largest absolute Gasteiger partial charge is 0.316 e. The first-order chi connectivity index (χ1) is 9.56. The molecule has 2 aromatic heterocycles. The van der Waals surface area contributed by atoms with Gasteiger partial charge in [-0.25, -0.2) is 0 Å². The first-order valence-electron chi connectivity index (χ1n) is 5.69. The summed E-state index contributed by atoms with van der Waals surface area (Å²) in [6, 6.07) is 7.03. The second-order valence-corrected chi connectivity index (χ2v) is 6.00. The SMILES string of the molecule is O=c1[nH]c2ccc(C(Cl)c3sccc3Cl)cc2[nH]c1=O. The van der Waals surface area contributed by atoms with E-state index in [1.54, 1.807) is 24.3 Å². The van der Waals surface area contributed by atoms with E-state index in [0.29, 0.717) is 16.1 Å². The summed E-state index contributed by atoms with van der Waals surface area (Å²) in [5.74, 6) is 0. The van der Waals surface area contributed by atoms with Crippen molar-refractivity contribution < 1.29 is 0 Å². The number of nitrogens with one attached hydrogen (secondary N) is 2. The van der Waals surface area contributed by atoms with Gasteiger partial charge in [-0.05, 0) is 29.1 Å². The van der Waals surface area contributed by atoms with Gasteiger partial charge in [-0.2, -0.15) is 0 Å². The third-order valence-electron chi connectivity index (χ3n) is 2.91. The normalized spacial score (nSPS) is 12.7. The molecular weight excluding hydrogens is 319 g/mol. The quantitative estimate of drug-likeness (QED) is 0.560. The molecule has 0 aliphatic heterocycles. The average molecular weight is 327 g/mol. The highest BCUT2D eigenvalue weighted by atomic mass is 35.5. The van der Waals surface area contributed by atoms with Crippen molar-refractivity contribution in [3.8, 4) is 0 Å². The molecular formula is C13H8Cl2N2O2S. The van der Waals surface area contributed by atoms with E-state index in [0.717, 1.165) is 10.4 Å². The van der Waals surface area contributed by atoms with Crippen LogP contribution in [0.3, 0.4) is 0 Å². The van der Waals surface area contributed by atoms with Crippen LogP contribution in [0.25, 0.3) is 11.0 Å². The zero-order chi connectivity index (χ0) is 14.3. The van der Waals surface area contributed by atoms with Crippen molar-refractivity contribution in [3.63, 3.8) is 0 Å². The van der Waals surface area contributed by atoms with E-state index in [4.69, 9.17) is 23.2 Å². The average Bonchev–Trinajstić information content (AvgIpc) is 2.85. The highest BCUT2D eigenvalue weighted by molar-refractivity contribution is 7.11. The van der Waals surface area contributed by atoms with Gasteiger partial charge in [0.2, 0.25) is 0 Å². The molecule has 3 aromatic rings. The lowest BCUT2D eigenvalue weighted by Gasteiger charge is -2.09. The van der Waals surface area contributed by atoms with Crippen molar-refractivity contribution in [3.05, 3.63) is 65.8 Å². The fraction of sp³-hybridized carbons (Fsp3) is 0.0769. The summed E-state index contributed by atoms with van der Waals surface area (Å²) in [6.07, 6.45) is 0. The summed E-state index contributed by atoms with van der Waals surface area (Å²) in [6.45, 7) is 0. The Morgan fingerprint density at radius 2 is 1.75 bits per heavy atom. The summed E-state index contributed by atoms with van der Waals surface area (Å²) in [5, 5.41) is 2.08. The van der Waals surface area contributed by atoms with Crippen molar-refractivity contribution in [2.45, 2.75) is 5.38 Å². The van der Waals surface area contributed by atoms with Gasteiger partial charge in [-0.15, -0.1) is 22.9 Å². The lowest BCUT2D eigenvalue weighted by molar-refractivity contribution is 1.13. The van der Waals surface area contributed by atoms with Crippen molar-refractivity contribution >= 4 is 45.6 Å². The first kappa shape index (κ1) is 13.4. The Labute approximate surface area is 127 Å². The Morgan fingerprint density at radius 1 is 1.05 bits per heavy atom. The molecule has 0 aliphatic rings. The van der Waals surface area contributed by atoms with Crippen molar-refractivity contribution in [2.75, 3.05) is 0 Å². The number of hydrogen-bond acceptors (Lipinski definition) is 3. The zero-order valence-corrected chi connectivity index (χ0v) is 12.3. The van der Waals surface area contributed by atoms with E-state index in [2.05, 4.69) is 9.97 Å². The van der Waals surface area contributed by atoms with Crippen LogP contribution in [0, 0.1) is 0 Å². The summed E-state index contributed by atoms with van der Waals surface area (Å²) in [5.41, 5.74) is 0.528. The third kappa shape index (κ3) is 2.28. The van der Waals surface area contributed by atoms with Gasteiger partial charge in [0.15, 0.2) is 0 Å². The number of aromatic nitrogens is 2. The van der Waals surface area contributed by atoms with Crippen molar-refractivity contribution in [1.82, 2.24) is 9.97 Å². The molecule has 20 heavy (non-hydrogen) atoms. The van der Waals surface area contributed by atoms with Gasteiger partial charge in [-0.3, -0.25) is 9.59 Å². The fourth-order valence-electron chi connectivity index (χ4n) is 1.93. The number of thiophene rings is 1. The Morgan fingerprint density at radius 3 is 2.40 bits per heavy atom. The first-order valence-corrected chi connectivity index (χ1v) is 7.39. The molecule has 0 spiro atoms. The Bertz CT molecular complexity index is 897. The summed E-state index contributed by atoms with van der Waals surface area (Å²) in [4.78, 5) is 28.5. The van der Waals surface area contributed by atoms with Gasteiger partial charge >= 0.3 is 11.1 Å². The van der Waals surface area contributed by atoms with Gasteiger partial charge in [0.05, 0.1) is 21.4 Å². The van der Waals surface area contributed by atoms with E-state index in [1.165, 1.54) is 11.3 Å². The molecule has 1 aromatic carbocycles. The molecule has 0 aliphatic carbocycles. The molecule has 102 valence electrons. The Balaban J connectivity index is 2.14. The van der Waals surface area contributed by atoms with Crippen LogP contribution in [0.2, 0.25) is 5.02 Å². The van der Waals surface area contributed by atoms with E-state index in [-0.39, 0.29) is 0 Å². The number of rotatable bonds is 2. The molecule has 3 rings (SSSR count). The number of H-pyrrole nitrogens is 2. The van der Waals surface area contributed by atoms with Crippen molar-refractivity contribution in [2.24, 2.45) is 0 Å². The van der Waals surface area contributed by atoms with Crippen LogP contribution in [0.1, 0.15) is 15.8 Å². The summed E-state index contributed by atoms with van der Waals surface area (Å²) < 4.78 is 0. The molecule has 0 saturated carbocycles.